The quantitative estimate of drug-likeness (QED) is 0.766. The Hall–Kier alpha value is 0.750. The lowest BCUT2D eigenvalue weighted by atomic mass is 9.82. The third-order valence-corrected chi connectivity index (χ3v) is 5.15. The summed E-state index contributed by atoms with van der Waals surface area (Å²) in [6.45, 7) is 13.2. The van der Waals surface area contributed by atoms with Gasteiger partial charge in [-0.05, 0) is 31.8 Å². The van der Waals surface area contributed by atoms with E-state index in [0.29, 0.717) is 0 Å². The molecule has 0 aromatic rings. The van der Waals surface area contributed by atoms with Gasteiger partial charge in [0.25, 0.3) is 0 Å². The Morgan fingerprint density at radius 3 is 2.00 bits per heavy atom. The molecule has 1 atom stereocenters. The Labute approximate surface area is 156 Å². The Balaban J connectivity index is 0. The summed E-state index contributed by atoms with van der Waals surface area (Å²) >= 11 is 0. The van der Waals surface area contributed by atoms with Gasteiger partial charge in [-0.2, -0.15) is 0 Å². The van der Waals surface area contributed by atoms with Crippen molar-refractivity contribution in [3.05, 3.63) is 0 Å². The fraction of sp³-hybridized carbons (Fsp3) is 1.00. The molecule has 6 heteroatoms. The van der Waals surface area contributed by atoms with Gasteiger partial charge in [0.2, 0.25) is 0 Å². The number of piperazine rings is 1. The molecule has 0 amide bonds. The highest BCUT2D eigenvalue weighted by Crippen LogP contribution is 2.29. The molecule has 1 aliphatic heterocycles. The molecular formula is C16H36Cl3N3. The van der Waals surface area contributed by atoms with Crippen LogP contribution in [0.5, 0.6) is 0 Å². The van der Waals surface area contributed by atoms with Crippen LogP contribution in [0.2, 0.25) is 0 Å². The smallest absolute Gasteiger partial charge is 0.0252 e. The first-order valence-electron chi connectivity index (χ1n) is 8.52. The summed E-state index contributed by atoms with van der Waals surface area (Å²) in [4.78, 5) is 5.41. The van der Waals surface area contributed by atoms with Crippen LogP contribution >= 0.6 is 37.2 Å². The Morgan fingerprint density at radius 2 is 1.50 bits per heavy atom. The van der Waals surface area contributed by atoms with Crippen LogP contribution in [-0.2, 0) is 0 Å². The predicted octanol–water partition coefficient (Wildman–Crippen LogP) is 3.45. The van der Waals surface area contributed by atoms with Crippen LogP contribution in [0.15, 0.2) is 0 Å². The highest BCUT2D eigenvalue weighted by atomic mass is 35.5. The van der Waals surface area contributed by atoms with Crippen LogP contribution in [0.4, 0.5) is 0 Å². The molecular weight excluding hydrogens is 341 g/mol. The highest BCUT2D eigenvalue weighted by Gasteiger charge is 2.30. The summed E-state index contributed by atoms with van der Waals surface area (Å²) in [5.41, 5.74) is 0. The van der Waals surface area contributed by atoms with Gasteiger partial charge in [-0.1, -0.05) is 33.1 Å². The van der Waals surface area contributed by atoms with Gasteiger partial charge in [0.05, 0.1) is 0 Å². The number of likely N-dealkylation sites (N-methyl/N-ethyl adjacent to an activating group) is 1. The first kappa shape index (κ1) is 25.0. The van der Waals surface area contributed by atoms with E-state index in [9.17, 15) is 0 Å². The highest BCUT2D eigenvalue weighted by molar-refractivity contribution is 5.86. The second-order valence-corrected chi connectivity index (χ2v) is 6.24. The van der Waals surface area contributed by atoms with Gasteiger partial charge in [0, 0.05) is 38.8 Å². The van der Waals surface area contributed by atoms with Gasteiger partial charge in [0.15, 0.2) is 0 Å². The molecule has 2 rings (SSSR count). The maximum absolute atomic E-state index is 3.50. The molecule has 0 radical (unpaired) electrons. The van der Waals surface area contributed by atoms with E-state index < -0.39 is 0 Å². The van der Waals surface area contributed by atoms with Gasteiger partial charge in [0.1, 0.15) is 0 Å². The standard InChI is InChI=1S/C16H33N3.3ClH/c1-3-18(4-2)14-16(15-8-6-5-7-9-15)19-12-10-17-11-13-19;;;/h15-17H,3-14H2,1-2H3;3*1H. The van der Waals surface area contributed by atoms with E-state index >= 15 is 0 Å². The normalized spacial score (nSPS) is 21.4. The molecule has 1 N–H and O–H groups in total. The summed E-state index contributed by atoms with van der Waals surface area (Å²) < 4.78 is 0. The molecule has 0 aromatic heterocycles. The molecule has 136 valence electrons. The molecule has 1 saturated carbocycles. The molecule has 1 saturated heterocycles. The van der Waals surface area contributed by atoms with E-state index in [0.717, 1.165) is 12.0 Å². The molecule has 2 fully saturated rings. The van der Waals surface area contributed by atoms with E-state index in [1.54, 1.807) is 0 Å². The van der Waals surface area contributed by atoms with Gasteiger partial charge in [-0.25, -0.2) is 0 Å². The fourth-order valence-corrected chi connectivity index (χ4v) is 3.84. The summed E-state index contributed by atoms with van der Waals surface area (Å²) in [6, 6.07) is 0.808. The third-order valence-electron chi connectivity index (χ3n) is 5.15. The zero-order valence-electron chi connectivity index (χ0n) is 14.3. The molecule has 1 heterocycles. The van der Waals surface area contributed by atoms with Crippen molar-refractivity contribution in [3.8, 4) is 0 Å². The second kappa shape index (κ2) is 14.1. The van der Waals surface area contributed by atoms with Crippen molar-refractivity contribution in [1.29, 1.82) is 0 Å². The predicted molar refractivity (Wildman–Crippen MR) is 104 cm³/mol. The molecule has 22 heavy (non-hydrogen) atoms. The average molecular weight is 377 g/mol. The van der Waals surface area contributed by atoms with Crippen molar-refractivity contribution >= 4 is 37.2 Å². The van der Waals surface area contributed by atoms with Crippen LogP contribution in [0, 0.1) is 5.92 Å². The maximum atomic E-state index is 3.50. The number of hydrogen-bond acceptors (Lipinski definition) is 3. The average Bonchev–Trinajstić information content (AvgIpc) is 2.50. The van der Waals surface area contributed by atoms with Crippen LogP contribution < -0.4 is 5.32 Å². The molecule has 2 aliphatic rings. The number of nitrogens with zero attached hydrogens (tertiary/aromatic N) is 2. The zero-order valence-corrected chi connectivity index (χ0v) is 16.7. The summed E-state index contributed by atoms with van der Waals surface area (Å²) in [7, 11) is 0. The molecule has 1 aliphatic carbocycles. The van der Waals surface area contributed by atoms with Crippen molar-refractivity contribution in [2.24, 2.45) is 5.92 Å². The number of rotatable bonds is 6. The maximum Gasteiger partial charge on any atom is 0.0252 e. The molecule has 0 spiro atoms. The minimum atomic E-state index is 0. The first-order valence-corrected chi connectivity index (χ1v) is 8.52. The van der Waals surface area contributed by atoms with E-state index in [1.165, 1.54) is 77.9 Å². The van der Waals surface area contributed by atoms with Gasteiger partial charge in [-0.15, -0.1) is 37.2 Å². The van der Waals surface area contributed by atoms with Crippen LogP contribution in [0.25, 0.3) is 0 Å². The zero-order chi connectivity index (χ0) is 13.5. The summed E-state index contributed by atoms with van der Waals surface area (Å²) in [5.74, 6) is 0.951. The van der Waals surface area contributed by atoms with Crippen molar-refractivity contribution in [1.82, 2.24) is 15.1 Å². The SMILES string of the molecule is CCN(CC)CC(C1CCCCC1)N1CCNCC1.Cl.Cl.Cl. The van der Waals surface area contributed by atoms with Gasteiger partial charge in [-0.3, -0.25) is 4.90 Å². The van der Waals surface area contributed by atoms with Gasteiger partial charge >= 0.3 is 0 Å². The Morgan fingerprint density at radius 1 is 0.955 bits per heavy atom. The summed E-state index contributed by atoms with van der Waals surface area (Å²) in [6.07, 6.45) is 7.33. The number of hydrogen-bond donors (Lipinski definition) is 1. The topological polar surface area (TPSA) is 18.5 Å². The Kier molecular flexibility index (Phi) is 16.0. The van der Waals surface area contributed by atoms with Gasteiger partial charge < -0.3 is 10.2 Å². The fourth-order valence-electron chi connectivity index (χ4n) is 3.84. The molecule has 1 unspecified atom stereocenters. The number of nitrogens with one attached hydrogen (secondary N) is 1. The van der Waals surface area contributed by atoms with E-state index in [4.69, 9.17) is 0 Å². The second-order valence-electron chi connectivity index (χ2n) is 6.24. The largest absolute Gasteiger partial charge is 0.314 e. The van der Waals surface area contributed by atoms with Crippen LogP contribution in [0.1, 0.15) is 46.0 Å². The van der Waals surface area contributed by atoms with Crippen molar-refractivity contribution in [2.75, 3.05) is 45.8 Å². The monoisotopic (exact) mass is 375 g/mol. The lowest BCUT2D eigenvalue weighted by Crippen LogP contribution is -2.55. The molecule has 3 nitrogen and oxygen atoms in total. The summed E-state index contributed by atoms with van der Waals surface area (Å²) in [5, 5.41) is 3.50. The van der Waals surface area contributed by atoms with E-state index in [2.05, 4.69) is 29.0 Å². The number of halogens is 3. The third kappa shape index (κ3) is 7.55. The van der Waals surface area contributed by atoms with Crippen LogP contribution in [0.3, 0.4) is 0 Å². The lowest BCUT2D eigenvalue weighted by Gasteiger charge is -2.43. The van der Waals surface area contributed by atoms with Crippen LogP contribution in [-0.4, -0.2) is 61.7 Å². The molecule has 0 aromatic carbocycles. The van der Waals surface area contributed by atoms with Crippen molar-refractivity contribution in [3.63, 3.8) is 0 Å². The minimum Gasteiger partial charge on any atom is -0.314 e. The molecule has 0 bridgehead atoms. The van der Waals surface area contributed by atoms with E-state index in [-0.39, 0.29) is 37.2 Å². The van der Waals surface area contributed by atoms with E-state index in [1.807, 2.05) is 0 Å². The van der Waals surface area contributed by atoms with Crippen molar-refractivity contribution in [2.45, 2.75) is 52.0 Å². The lowest BCUT2D eigenvalue weighted by molar-refractivity contribution is 0.0720. The first-order chi connectivity index (χ1) is 9.35. The van der Waals surface area contributed by atoms with Crippen molar-refractivity contribution < 1.29 is 0 Å². The Bertz CT molecular complexity index is 223. The minimum absolute atomic E-state index is 0.